The highest BCUT2D eigenvalue weighted by molar-refractivity contribution is 5.89. The number of ether oxygens (including phenoxy) is 1. The molecule has 1 aromatic rings. The fourth-order valence-electron chi connectivity index (χ4n) is 2.50. The van der Waals surface area contributed by atoms with Crippen molar-refractivity contribution in [2.75, 3.05) is 38.1 Å². The van der Waals surface area contributed by atoms with Crippen LogP contribution in [0.2, 0.25) is 0 Å². The van der Waals surface area contributed by atoms with E-state index in [0.29, 0.717) is 24.8 Å². The van der Waals surface area contributed by atoms with Gasteiger partial charge in [-0.25, -0.2) is 9.18 Å². The van der Waals surface area contributed by atoms with Gasteiger partial charge in [-0.3, -0.25) is 4.90 Å². The van der Waals surface area contributed by atoms with Gasteiger partial charge >= 0.3 is 6.03 Å². The molecule has 0 saturated carbocycles. The highest BCUT2D eigenvalue weighted by Crippen LogP contribution is 2.09. The Kier molecular flexibility index (Phi) is 6.15. The van der Waals surface area contributed by atoms with Gasteiger partial charge < -0.3 is 15.4 Å². The lowest BCUT2D eigenvalue weighted by Gasteiger charge is -2.33. The zero-order valence-corrected chi connectivity index (χ0v) is 13.1. The van der Waals surface area contributed by atoms with Gasteiger partial charge in [-0.05, 0) is 30.2 Å². The molecule has 2 amide bonds. The van der Waals surface area contributed by atoms with E-state index in [-0.39, 0.29) is 18.0 Å². The minimum atomic E-state index is -0.327. The molecule has 2 N–H and O–H groups in total. The lowest BCUT2D eigenvalue weighted by atomic mass is 10.2. The molecule has 22 heavy (non-hydrogen) atoms. The van der Waals surface area contributed by atoms with E-state index in [4.69, 9.17) is 4.74 Å². The highest BCUT2D eigenvalue weighted by atomic mass is 19.1. The minimum Gasteiger partial charge on any atom is -0.374 e. The quantitative estimate of drug-likeness (QED) is 0.877. The van der Waals surface area contributed by atoms with Gasteiger partial charge in [0.05, 0.1) is 12.7 Å². The van der Waals surface area contributed by atoms with Gasteiger partial charge in [0, 0.05) is 31.9 Å². The summed E-state index contributed by atoms with van der Waals surface area (Å²) < 4.78 is 18.5. The maximum Gasteiger partial charge on any atom is 0.319 e. The van der Waals surface area contributed by atoms with Crippen molar-refractivity contribution >= 4 is 11.7 Å². The topological polar surface area (TPSA) is 53.6 Å². The number of anilines is 1. The number of morpholine rings is 1. The first-order valence-electron chi connectivity index (χ1n) is 7.67. The number of hydrogen-bond acceptors (Lipinski definition) is 3. The van der Waals surface area contributed by atoms with Crippen LogP contribution in [-0.4, -0.2) is 49.8 Å². The Morgan fingerprint density at radius 3 is 2.82 bits per heavy atom. The number of nitrogens with zero attached hydrogens (tertiary/aromatic N) is 1. The molecule has 1 aliphatic rings. The number of nitrogens with one attached hydrogen (secondary N) is 2. The van der Waals surface area contributed by atoms with Gasteiger partial charge in [-0.2, -0.15) is 0 Å². The molecule has 0 bridgehead atoms. The summed E-state index contributed by atoms with van der Waals surface area (Å²) in [5.74, 6) is 0.292. The van der Waals surface area contributed by atoms with E-state index in [9.17, 15) is 9.18 Å². The van der Waals surface area contributed by atoms with Gasteiger partial charge in [0.1, 0.15) is 5.82 Å². The van der Waals surface area contributed by atoms with Crippen LogP contribution in [0.25, 0.3) is 0 Å². The number of halogens is 1. The van der Waals surface area contributed by atoms with Crippen molar-refractivity contribution in [2.45, 2.75) is 20.0 Å². The molecule has 1 heterocycles. The SMILES string of the molecule is CC(C)CN1CCO[C@@H](CNC(=O)Nc2ccc(F)cc2)C1. The Bertz CT molecular complexity index is 479. The molecular formula is C16H24FN3O2. The standard InChI is InChI=1S/C16H24FN3O2/c1-12(2)10-20-7-8-22-15(11-20)9-18-16(21)19-14-5-3-13(17)4-6-14/h3-6,12,15H,7-11H2,1-2H3,(H2,18,19,21)/t15-/m0/s1. The molecule has 6 heteroatoms. The molecule has 0 aliphatic carbocycles. The zero-order valence-electron chi connectivity index (χ0n) is 13.1. The van der Waals surface area contributed by atoms with Crippen LogP contribution >= 0.6 is 0 Å². The van der Waals surface area contributed by atoms with Gasteiger partial charge in [0.2, 0.25) is 0 Å². The first-order chi connectivity index (χ1) is 10.5. The summed E-state index contributed by atoms with van der Waals surface area (Å²) >= 11 is 0. The largest absolute Gasteiger partial charge is 0.374 e. The van der Waals surface area contributed by atoms with E-state index in [1.165, 1.54) is 24.3 Å². The Labute approximate surface area is 130 Å². The Morgan fingerprint density at radius 1 is 1.41 bits per heavy atom. The summed E-state index contributed by atoms with van der Waals surface area (Å²) in [6.07, 6.45) is 0.00599. The molecule has 1 aromatic carbocycles. The van der Waals surface area contributed by atoms with Crippen LogP contribution in [0.15, 0.2) is 24.3 Å². The van der Waals surface area contributed by atoms with Crippen molar-refractivity contribution < 1.29 is 13.9 Å². The summed E-state index contributed by atoms with van der Waals surface area (Å²) in [5, 5.41) is 5.46. The summed E-state index contributed by atoms with van der Waals surface area (Å²) in [4.78, 5) is 14.2. The Morgan fingerprint density at radius 2 is 2.14 bits per heavy atom. The number of urea groups is 1. The van der Waals surface area contributed by atoms with E-state index in [2.05, 4.69) is 29.4 Å². The molecule has 0 spiro atoms. The third-order valence-electron chi connectivity index (χ3n) is 3.44. The number of hydrogen-bond donors (Lipinski definition) is 2. The van der Waals surface area contributed by atoms with E-state index in [0.717, 1.165) is 19.6 Å². The molecule has 0 unspecified atom stereocenters. The molecule has 5 nitrogen and oxygen atoms in total. The second-order valence-electron chi connectivity index (χ2n) is 5.99. The van der Waals surface area contributed by atoms with Gasteiger partial charge in [-0.1, -0.05) is 13.8 Å². The van der Waals surface area contributed by atoms with Crippen LogP contribution in [0.1, 0.15) is 13.8 Å². The van der Waals surface area contributed by atoms with Crippen LogP contribution < -0.4 is 10.6 Å². The average molecular weight is 309 g/mol. The van der Waals surface area contributed by atoms with Gasteiger partial charge in [-0.15, -0.1) is 0 Å². The first-order valence-corrected chi connectivity index (χ1v) is 7.67. The van der Waals surface area contributed by atoms with Crippen LogP contribution in [0.3, 0.4) is 0 Å². The molecule has 0 aromatic heterocycles. The maximum absolute atomic E-state index is 12.8. The Hall–Kier alpha value is -1.66. The van der Waals surface area contributed by atoms with Gasteiger partial charge in [0.25, 0.3) is 0 Å². The van der Waals surface area contributed by atoms with Crippen LogP contribution in [0.4, 0.5) is 14.9 Å². The highest BCUT2D eigenvalue weighted by Gasteiger charge is 2.21. The summed E-state index contributed by atoms with van der Waals surface area (Å²) in [6.45, 7) is 8.35. The number of benzene rings is 1. The normalized spacial score (nSPS) is 19.2. The van der Waals surface area contributed by atoms with Crippen molar-refractivity contribution in [1.82, 2.24) is 10.2 Å². The molecule has 2 rings (SSSR count). The summed E-state index contributed by atoms with van der Waals surface area (Å²) in [7, 11) is 0. The molecule has 0 radical (unpaired) electrons. The van der Waals surface area contributed by atoms with Crippen LogP contribution in [-0.2, 0) is 4.74 Å². The van der Waals surface area contributed by atoms with Crippen molar-refractivity contribution in [3.8, 4) is 0 Å². The van der Waals surface area contributed by atoms with E-state index in [1.807, 2.05) is 0 Å². The maximum atomic E-state index is 12.8. The second kappa shape index (κ2) is 8.10. The number of carbonyl (C=O) groups is 1. The zero-order chi connectivity index (χ0) is 15.9. The average Bonchev–Trinajstić information content (AvgIpc) is 2.47. The van der Waals surface area contributed by atoms with E-state index < -0.39 is 0 Å². The molecule has 1 saturated heterocycles. The first kappa shape index (κ1) is 16.7. The van der Waals surface area contributed by atoms with Crippen molar-refractivity contribution in [3.63, 3.8) is 0 Å². The predicted molar refractivity (Wildman–Crippen MR) is 84.4 cm³/mol. The molecule has 1 atom stereocenters. The smallest absolute Gasteiger partial charge is 0.319 e. The minimum absolute atomic E-state index is 0.00599. The lowest BCUT2D eigenvalue weighted by molar-refractivity contribution is -0.0288. The molecule has 1 fully saturated rings. The summed E-state index contributed by atoms with van der Waals surface area (Å²) in [6, 6.07) is 5.36. The Balaban J connectivity index is 1.72. The van der Waals surface area contributed by atoms with Crippen molar-refractivity contribution in [1.29, 1.82) is 0 Å². The number of carbonyl (C=O) groups excluding carboxylic acids is 1. The van der Waals surface area contributed by atoms with Crippen LogP contribution in [0.5, 0.6) is 0 Å². The lowest BCUT2D eigenvalue weighted by Crippen LogP contribution is -2.48. The van der Waals surface area contributed by atoms with E-state index >= 15 is 0 Å². The van der Waals surface area contributed by atoms with E-state index in [1.54, 1.807) is 0 Å². The third-order valence-corrected chi connectivity index (χ3v) is 3.44. The predicted octanol–water partition coefficient (Wildman–Crippen LogP) is 2.30. The summed E-state index contributed by atoms with van der Waals surface area (Å²) in [5.41, 5.74) is 0.560. The van der Waals surface area contributed by atoms with Crippen molar-refractivity contribution in [3.05, 3.63) is 30.1 Å². The third kappa shape index (κ3) is 5.61. The van der Waals surface area contributed by atoms with Crippen molar-refractivity contribution in [2.24, 2.45) is 5.92 Å². The fourth-order valence-corrected chi connectivity index (χ4v) is 2.50. The molecular weight excluding hydrogens is 285 g/mol. The fraction of sp³-hybridized carbons (Fsp3) is 0.562. The number of amides is 2. The van der Waals surface area contributed by atoms with Crippen LogP contribution in [0, 0.1) is 11.7 Å². The second-order valence-corrected chi connectivity index (χ2v) is 5.99. The molecule has 1 aliphatic heterocycles. The van der Waals surface area contributed by atoms with Gasteiger partial charge in [0.15, 0.2) is 0 Å². The molecule has 122 valence electrons. The monoisotopic (exact) mass is 309 g/mol. The number of rotatable bonds is 5.